The van der Waals surface area contributed by atoms with E-state index in [1.54, 1.807) is 6.08 Å². The van der Waals surface area contributed by atoms with Crippen molar-refractivity contribution in [3.05, 3.63) is 11.8 Å². The molecular formula is C19H35NO3. The van der Waals surface area contributed by atoms with E-state index in [2.05, 4.69) is 19.2 Å². The second-order valence-corrected chi connectivity index (χ2v) is 6.19. The lowest BCUT2D eigenvalue weighted by Crippen LogP contribution is -2.27. The number of hydrogen-bond acceptors (Lipinski definition) is 2. The van der Waals surface area contributed by atoms with Crippen LogP contribution in [0, 0.1) is 0 Å². The highest BCUT2D eigenvalue weighted by Crippen LogP contribution is 2.10. The highest BCUT2D eigenvalue weighted by molar-refractivity contribution is 5.92. The van der Waals surface area contributed by atoms with Crippen LogP contribution in [-0.4, -0.2) is 17.0 Å². The van der Waals surface area contributed by atoms with E-state index >= 15 is 0 Å². The number of unbranched alkanes of at least 4 members (excludes halogenated alkanes) is 10. The molecule has 0 aromatic carbocycles. The standard InChI is InChI=1S/C19H35NO3/c1-3-5-7-8-9-10-11-12-14-16-18(21)20-17(19(22)23)15-13-6-4-2/h15H,3-14,16H2,1-2H3,(H,20,21)(H,22,23). The van der Waals surface area contributed by atoms with Crippen LogP contribution in [0.3, 0.4) is 0 Å². The van der Waals surface area contributed by atoms with Crippen LogP contribution in [0.1, 0.15) is 97.3 Å². The molecule has 0 unspecified atom stereocenters. The van der Waals surface area contributed by atoms with Gasteiger partial charge in [0.15, 0.2) is 0 Å². The van der Waals surface area contributed by atoms with E-state index in [-0.39, 0.29) is 11.6 Å². The summed E-state index contributed by atoms with van der Waals surface area (Å²) in [4.78, 5) is 22.9. The predicted octanol–water partition coefficient (Wildman–Crippen LogP) is 5.18. The van der Waals surface area contributed by atoms with Crippen LogP contribution in [0.2, 0.25) is 0 Å². The summed E-state index contributed by atoms with van der Waals surface area (Å²) < 4.78 is 0. The lowest BCUT2D eigenvalue weighted by molar-refractivity contribution is -0.134. The van der Waals surface area contributed by atoms with Crippen LogP contribution in [-0.2, 0) is 9.59 Å². The quantitative estimate of drug-likeness (QED) is 0.322. The zero-order valence-electron chi connectivity index (χ0n) is 15.0. The van der Waals surface area contributed by atoms with Gasteiger partial charge in [-0.15, -0.1) is 0 Å². The lowest BCUT2D eigenvalue weighted by Gasteiger charge is -2.06. The summed E-state index contributed by atoms with van der Waals surface area (Å²) in [5.41, 5.74) is 0.0272. The monoisotopic (exact) mass is 325 g/mol. The van der Waals surface area contributed by atoms with Crippen molar-refractivity contribution in [1.29, 1.82) is 0 Å². The number of allylic oxidation sites excluding steroid dienone is 1. The fourth-order valence-electron chi connectivity index (χ4n) is 2.45. The van der Waals surface area contributed by atoms with Gasteiger partial charge in [-0.05, 0) is 19.3 Å². The SMILES string of the molecule is CCCCC=C(NC(=O)CCCCCCCCCCC)C(=O)O. The Balaban J connectivity index is 3.72. The Kier molecular flexibility index (Phi) is 14.7. The zero-order valence-corrected chi connectivity index (χ0v) is 15.0. The molecule has 0 saturated heterocycles. The number of carboxylic acids is 1. The number of aliphatic carboxylic acids is 1. The Morgan fingerprint density at radius 3 is 1.87 bits per heavy atom. The summed E-state index contributed by atoms with van der Waals surface area (Å²) in [6.07, 6.45) is 15.5. The predicted molar refractivity (Wildman–Crippen MR) is 95.2 cm³/mol. The lowest BCUT2D eigenvalue weighted by atomic mass is 10.1. The molecule has 0 rings (SSSR count). The van der Waals surface area contributed by atoms with Crippen LogP contribution in [0.25, 0.3) is 0 Å². The Bertz CT molecular complexity index is 351. The summed E-state index contributed by atoms with van der Waals surface area (Å²) in [5, 5.41) is 11.6. The molecule has 0 aliphatic heterocycles. The van der Waals surface area contributed by atoms with Gasteiger partial charge in [0.25, 0.3) is 0 Å². The molecule has 0 fully saturated rings. The van der Waals surface area contributed by atoms with E-state index in [9.17, 15) is 9.59 Å². The van der Waals surface area contributed by atoms with Crippen LogP contribution in [0.15, 0.2) is 11.8 Å². The maximum absolute atomic E-state index is 11.8. The van der Waals surface area contributed by atoms with E-state index in [1.165, 1.54) is 38.5 Å². The van der Waals surface area contributed by atoms with Gasteiger partial charge in [0.2, 0.25) is 5.91 Å². The molecule has 0 aliphatic rings. The molecular weight excluding hydrogens is 290 g/mol. The molecule has 0 spiro atoms. The normalized spacial score (nSPS) is 11.5. The Morgan fingerprint density at radius 1 is 0.826 bits per heavy atom. The first-order valence-corrected chi connectivity index (χ1v) is 9.35. The molecule has 0 atom stereocenters. The summed E-state index contributed by atoms with van der Waals surface area (Å²) in [5.74, 6) is -1.24. The van der Waals surface area contributed by atoms with Gasteiger partial charge in [-0.25, -0.2) is 4.79 Å². The van der Waals surface area contributed by atoms with Crippen LogP contribution in [0.4, 0.5) is 0 Å². The fourth-order valence-corrected chi connectivity index (χ4v) is 2.45. The molecule has 0 aromatic heterocycles. The van der Waals surface area contributed by atoms with Crippen molar-refractivity contribution >= 4 is 11.9 Å². The van der Waals surface area contributed by atoms with Crippen molar-refractivity contribution < 1.29 is 14.7 Å². The first-order valence-electron chi connectivity index (χ1n) is 9.35. The maximum Gasteiger partial charge on any atom is 0.352 e. The highest BCUT2D eigenvalue weighted by atomic mass is 16.4. The third-order valence-corrected chi connectivity index (χ3v) is 3.92. The molecule has 0 aliphatic carbocycles. The van der Waals surface area contributed by atoms with E-state index in [4.69, 9.17) is 5.11 Å². The molecule has 1 amide bonds. The largest absolute Gasteiger partial charge is 0.477 e. The highest BCUT2D eigenvalue weighted by Gasteiger charge is 2.10. The average Bonchev–Trinajstić information content (AvgIpc) is 2.52. The molecule has 0 saturated carbocycles. The zero-order chi connectivity index (χ0) is 17.3. The molecule has 134 valence electrons. The van der Waals surface area contributed by atoms with Gasteiger partial charge in [-0.3, -0.25) is 4.79 Å². The van der Waals surface area contributed by atoms with Gasteiger partial charge >= 0.3 is 5.97 Å². The van der Waals surface area contributed by atoms with Gasteiger partial charge < -0.3 is 10.4 Å². The molecule has 23 heavy (non-hydrogen) atoms. The van der Waals surface area contributed by atoms with E-state index < -0.39 is 5.97 Å². The summed E-state index contributed by atoms with van der Waals surface area (Å²) in [7, 11) is 0. The van der Waals surface area contributed by atoms with Gasteiger partial charge in [0.05, 0.1) is 0 Å². The van der Waals surface area contributed by atoms with E-state index in [0.717, 1.165) is 32.1 Å². The average molecular weight is 325 g/mol. The molecule has 2 N–H and O–H groups in total. The Hall–Kier alpha value is -1.32. The van der Waals surface area contributed by atoms with Gasteiger partial charge in [-0.2, -0.15) is 0 Å². The molecule has 4 nitrogen and oxygen atoms in total. The van der Waals surface area contributed by atoms with Crippen LogP contribution in [0.5, 0.6) is 0 Å². The van der Waals surface area contributed by atoms with Crippen LogP contribution < -0.4 is 5.32 Å². The summed E-state index contributed by atoms with van der Waals surface area (Å²) in [6.45, 7) is 4.27. The number of carbonyl (C=O) groups excluding carboxylic acids is 1. The molecule has 4 heteroatoms. The smallest absolute Gasteiger partial charge is 0.352 e. The minimum atomic E-state index is -1.05. The molecule has 0 heterocycles. The van der Waals surface area contributed by atoms with Crippen molar-refractivity contribution in [3.8, 4) is 0 Å². The Labute approximate surface area is 141 Å². The summed E-state index contributed by atoms with van der Waals surface area (Å²) >= 11 is 0. The number of amides is 1. The second-order valence-electron chi connectivity index (χ2n) is 6.19. The van der Waals surface area contributed by atoms with Crippen molar-refractivity contribution in [1.82, 2.24) is 5.32 Å². The fraction of sp³-hybridized carbons (Fsp3) is 0.789. The third-order valence-electron chi connectivity index (χ3n) is 3.92. The van der Waals surface area contributed by atoms with Gasteiger partial charge in [0.1, 0.15) is 5.70 Å². The number of hydrogen-bond donors (Lipinski definition) is 2. The first kappa shape index (κ1) is 21.7. The summed E-state index contributed by atoms with van der Waals surface area (Å²) in [6, 6.07) is 0. The van der Waals surface area contributed by atoms with Crippen molar-refractivity contribution in [3.63, 3.8) is 0 Å². The van der Waals surface area contributed by atoms with Crippen molar-refractivity contribution in [2.45, 2.75) is 97.3 Å². The van der Waals surface area contributed by atoms with Gasteiger partial charge in [0, 0.05) is 6.42 Å². The minimum Gasteiger partial charge on any atom is -0.477 e. The maximum atomic E-state index is 11.8. The number of carbonyl (C=O) groups is 2. The van der Waals surface area contributed by atoms with Crippen molar-refractivity contribution in [2.75, 3.05) is 0 Å². The van der Waals surface area contributed by atoms with E-state index in [0.29, 0.717) is 12.8 Å². The minimum absolute atomic E-state index is 0.0272. The van der Waals surface area contributed by atoms with Crippen LogP contribution >= 0.6 is 0 Å². The Morgan fingerprint density at radius 2 is 1.35 bits per heavy atom. The number of nitrogens with one attached hydrogen (secondary N) is 1. The third kappa shape index (κ3) is 14.0. The van der Waals surface area contributed by atoms with Gasteiger partial charge in [-0.1, -0.05) is 77.7 Å². The van der Waals surface area contributed by atoms with E-state index in [1.807, 2.05) is 0 Å². The second kappa shape index (κ2) is 15.6. The molecule has 0 aromatic rings. The molecule has 0 radical (unpaired) electrons. The van der Waals surface area contributed by atoms with Crippen molar-refractivity contribution in [2.24, 2.45) is 0 Å². The first-order chi connectivity index (χ1) is 11.1. The topological polar surface area (TPSA) is 66.4 Å². The number of carboxylic acid groups (broad SMARTS) is 1. The molecule has 0 bridgehead atoms. The number of rotatable bonds is 15.